The number of methoxy groups -OCH3 is 1. The van der Waals surface area contributed by atoms with Gasteiger partial charge in [-0.1, -0.05) is 23.8 Å². The molecule has 120 valence electrons. The van der Waals surface area contributed by atoms with Gasteiger partial charge in [0.05, 0.1) is 13.2 Å². The number of carbonyl (C=O) groups is 1. The summed E-state index contributed by atoms with van der Waals surface area (Å²) >= 11 is 0. The second-order valence-corrected chi connectivity index (χ2v) is 5.27. The van der Waals surface area contributed by atoms with E-state index < -0.39 is 0 Å². The number of hydrogen-bond acceptors (Lipinski definition) is 3. The highest BCUT2D eigenvalue weighted by molar-refractivity contribution is 5.85. The first kappa shape index (κ1) is 19.9. The van der Waals surface area contributed by atoms with Crippen molar-refractivity contribution < 1.29 is 9.53 Å². The minimum absolute atomic E-state index is 0. The molecule has 1 unspecified atom stereocenters. The monoisotopic (exact) mass is 314 g/mol. The lowest BCUT2D eigenvalue weighted by Gasteiger charge is -2.16. The lowest BCUT2D eigenvalue weighted by Crippen LogP contribution is -2.40. The van der Waals surface area contributed by atoms with Crippen LogP contribution in [0.4, 0.5) is 0 Å². The zero-order chi connectivity index (χ0) is 15.0. The van der Waals surface area contributed by atoms with Gasteiger partial charge in [-0.15, -0.1) is 12.4 Å². The maximum absolute atomic E-state index is 11.7. The van der Waals surface area contributed by atoms with Crippen molar-refractivity contribution in [1.82, 2.24) is 10.6 Å². The molecule has 1 aromatic rings. The van der Waals surface area contributed by atoms with E-state index in [0.29, 0.717) is 19.7 Å². The molecule has 0 aliphatic carbocycles. The van der Waals surface area contributed by atoms with Crippen LogP contribution >= 0.6 is 12.4 Å². The van der Waals surface area contributed by atoms with Crippen molar-refractivity contribution in [3.63, 3.8) is 0 Å². The van der Waals surface area contributed by atoms with Crippen LogP contribution in [0.25, 0.3) is 0 Å². The Balaban J connectivity index is 0.00000400. The predicted molar refractivity (Wildman–Crippen MR) is 89.2 cm³/mol. The van der Waals surface area contributed by atoms with Crippen LogP contribution in [-0.4, -0.2) is 38.8 Å². The van der Waals surface area contributed by atoms with Crippen LogP contribution in [0.5, 0.6) is 0 Å². The molecule has 1 aromatic carbocycles. The second-order valence-electron chi connectivity index (χ2n) is 5.27. The Kier molecular flexibility index (Phi) is 10.0. The van der Waals surface area contributed by atoms with Crippen molar-refractivity contribution in [1.29, 1.82) is 0 Å². The molecule has 5 heteroatoms. The van der Waals surface area contributed by atoms with Crippen LogP contribution in [-0.2, 0) is 16.0 Å². The van der Waals surface area contributed by atoms with E-state index in [2.05, 4.69) is 42.7 Å². The van der Waals surface area contributed by atoms with Gasteiger partial charge in [-0.2, -0.15) is 0 Å². The van der Waals surface area contributed by atoms with Gasteiger partial charge in [0, 0.05) is 19.7 Å². The van der Waals surface area contributed by atoms with Crippen LogP contribution < -0.4 is 10.6 Å². The highest BCUT2D eigenvalue weighted by atomic mass is 35.5. The Morgan fingerprint density at radius 1 is 1.33 bits per heavy atom. The average molecular weight is 315 g/mol. The highest BCUT2D eigenvalue weighted by Gasteiger charge is 2.09. The molecule has 0 aliphatic rings. The summed E-state index contributed by atoms with van der Waals surface area (Å²) in [7, 11) is 1.65. The zero-order valence-electron chi connectivity index (χ0n) is 13.4. The summed E-state index contributed by atoms with van der Waals surface area (Å²) in [6, 6.07) is 6.57. The molecule has 0 aliphatic heterocycles. The van der Waals surface area contributed by atoms with Gasteiger partial charge in [0.2, 0.25) is 5.91 Å². The first-order chi connectivity index (χ1) is 9.52. The number of hydrogen-bond donors (Lipinski definition) is 2. The molecule has 0 bridgehead atoms. The van der Waals surface area contributed by atoms with Gasteiger partial charge in [0.25, 0.3) is 0 Å². The summed E-state index contributed by atoms with van der Waals surface area (Å²) in [4.78, 5) is 11.7. The molecule has 4 nitrogen and oxygen atoms in total. The van der Waals surface area contributed by atoms with E-state index in [-0.39, 0.29) is 24.4 Å². The second kappa shape index (κ2) is 10.6. The maximum Gasteiger partial charge on any atom is 0.234 e. The van der Waals surface area contributed by atoms with Crippen LogP contribution in [0.15, 0.2) is 18.2 Å². The SMILES string of the molecule is COCCNCC(=O)NC(C)Cc1ccc(C)cc1C.Cl. The fourth-order valence-electron chi connectivity index (χ4n) is 2.16. The van der Waals surface area contributed by atoms with Crippen molar-refractivity contribution in [2.24, 2.45) is 0 Å². The molecule has 0 spiro atoms. The number of benzene rings is 1. The van der Waals surface area contributed by atoms with Crippen molar-refractivity contribution >= 4 is 18.3 Å². The standard InChI is InChI=1S/C16H26N2O2.ClH/c1-12-5-6-15(13(2)9-12)10-14(3)18-16(19)11-17-7-8-20-4;/h5-6,9,14,17H,7-8,10-11H2,1-4H3,(H,18,19);1H. The minimum atomic E-state index is 0. The number of rotatable bonds is 8. The topological polar surface area (TPSA) is 50.4 Å². The van der Waals surface area contributed by atoms with E-state index in [1.165, 1.54) is 16.7 Å². The lowest BCUT2D eigenvalue weighted by atomic mass is 10.00. The molecule has 1 amide bonds. The van der Waals surface area contributed by atoms with Crippen LogP contribution in [0.3, 0.4) is 0 Å². The molecule has 0 fully saturated rings. The molecule has 0 heterocycles. The van der Waals surface area contributed by atoms with Crippen LogP contribution in [0, 0.1) is 13.8 Å². The molecule has 0 aromatic heterocycles. The Morgan fingerprint density at radius 2 is 2.05 bits per heavy atom. The summed E-state index contributed by atoms with van der Waals surface area (Å²) in [6.45, 7) is 7.88. The van der Waals surface area contributed by atoms with Crippen molar-refractivity contribution in [3.05, 3.63) is 34.9 Å². The van der Waals surface area contributed by atoms with Gasteiger partial charge in [0.1, 0.15) is 0 Å². The van der Waals surface area contributed by atoms with Crippen LogP contribution in [0.1, 0.15) is 23.6 Å². The van der Waals surface area contributed by atoms with E-state index in [4.69, 9.17) is 4.74 Å². The quantitative estimate of drug-likeness (QED) is 0.722. The zero-order valence-corrected chi connectivity index (χ0v) is 14.2. The van der Waals surface area contributed by atoms with Gasteiger partial charge < -0.3 is 15.4 Å². The Bertz CT molecular complexity index is 438. The third kappa shape index (κ3) is 8.05. The number of halogens is 1. The van der Waals surface area contributed by atoms with Crippen molar-refractivity contribution in [2.45, 2.75) is 33.2 Å². The van der Waals surface area contributed by atoms with E-state index in [0.717, 1.165) is 6.42 Å². The fourth-order valence-corrected chi connectivity index (χ4v) is 2.16. The third-order valence-corrected chi connectivity index (χ3v) is 3.20. The summed E-state index contributed by atoms with van der Waals surface area (Å²) in [6.07, 6.45) is 0.857. The smallest absolute Gasteiger partial charge is 0.234 e. The van der Waals surface area contributed by atoms with Gasteiger partial charge >= 0.3 is 0 Å². The first-order valence-corrected chi connectivity index (χ1v) is 7.08. The first-order valence-electron chi connectivity index (χ1n) is 7.08. The number of aryl methyl sites for hydroxylation is 2. The summed E-state index contributed by atoms with van der Waals surface area (Å²) in [5.74, 6) is 0.0263. The molecule has 1 atom stereocenters. The molecule has 0 radical (unpaired) electrons. The predicted octanol–water partition coefficient (Wildman–Crippen LogP) is 2.01. The van der Waals surface area contributed by atoms with Gasteiger partial charge in [-0.25, -0.2) is 0 Å². The minimum Gasteiger partial charge on any atom is -0.383 e. The molecule has 21 heavy (non-hydrogen) atoms. The molecule has 0 saturated heterocycles. The number of carbonyl (C=O) groups excluding carboxylic acids is 1. The number of nitrogens with one attached hydrogen (secondary N) is 2. The number of ether oxygens (including phenoxy) is 1. The lowest BCUT2D eigenvalue weighted by molar-refractivity contribution is -0.120. The van der Waals surface area contributed by atoms with Gasteiger partial charge in [-0.3, -0.25) is 4.79 Å². The highest BCUT2D eigenvalue weighted by Crippen LogP contribution is 2.12. The molecule has 2 N–H and O–H groups in total. The summed E-state index contributed by atoms with van der Waals surface area (Å²) in [5, 5.41) is 6.04. The third-order valence-electron chi connectivity index (χ3n) is 3.20. The Morgan fingerprint density at radius 3 is 2.67 bits per heavy atom. The van der Waals surface area contributed by atoms with Crippen LogP contribution in [0.2, 0.25) is 0 Å². The molecular weight excluding hydrogens is 288 g/mol. The normalized spacial score (nSPS) is 11.6. The molecular formula is C16H27ClN2O2. The van der Waals surface area contributed by atoms with E-state index in [9.17, 15) is 4.79 Å². The Hall–Kier alpha value is -1.10. The maximum atomic E-state index is 11.7. The van der Waals surface area contributed by atoms with E-state index >= 15 is 0 Å². The Labute approximate surface area is 134 Å². The van der Waals surface area contributed by atoms with Gasteiger partial charge in [-0.05, 0) is 38.3 Å². The summed E-state index contributed by atoms with van der Waals surface area (Å²) < 4.78 is 4.91. The largest absolute Gasteiger partial charge is 0.383 e. The van der Waals surface area contributed by atoms with Gasteiger partial charge in [0.15, 0.2) is 0 Å². The molecule has 1 rings (SSSR count). The molecule has 0 saturated carbocycles. The van der Waals surface area contributed by atoms with E-state index in [1.807, 2.05) is 6.92 Å². The average Bonchev–Trinajstić information content (AvgIpc) is 2.38. The van der Waals surface area contributed by atoms with Crippen molar-refractivity contribution in [2.75, 3.05) is 26.8 Å². The van der Waals surface area contributed by atoms with E-state index in [1.54, 1.807) is 7.11 Å². The number of amides is 1. The fraction of sp³-hybridized carbons (Fsp3) is 0.562. The van der Waals surface area contributed by atoms with Crippen molar-refractivity contribution in [3.8, 4) is 0 Å². The summed E-state index contributed by atoms with van der Waals surface area (Å²) in [5.41, 5.74) is 3.84.